The molecule has 0 spiro atoms. The second-order valence-corrected chi connectivity index (χ2v) is 1.31. The Balaban J connectivity index is 3.49. The van der Waals surface area contributed by atoms with Crippen LogP contribution in [-0.4, -0.2) is 18.0 Å². The zero-order valence-electron chi connectivity index (χ0n) is 4.22. The second kappa shape index (κ2) is 3.56. The van der Waals surface area contributed by atoms with Crippen LogP contribution in [0.15, 0.2) is 11.6 Å². The van der Waals surface area contributed by atoms with Gasteiger partial charge >= 0.3 is 0 Å². The van der Waals surface area contributed by atoms with Crippen molar-refractivity contribution in [3.63, 3.8) is 0 Å². The number of allylic oxidation sites excluding steroid dienone is 1. The molecule has 0 fully saturated rings. The molecule has 0 saturated heterocycles. The molecule has 0 unspecified atom stereocenters. The molecule has 40 valence electrons. The van der Waals surface area contributed by atoms with Crippen molar-refractivity contribution in [2.75, 3.05) is 6.61 Å². The lowest BCUT2D eigenvalue weighted by molar-refractivity contribution is -0.104. The maximum Gasteiger partial charge on any atom is 0.142 e. The van der Waals surface area contributed by atoms with Crippen LogP contribution in [-0.2, 0) is 4.79 Å². The molecule has 1 N–H and O–H groups in total. The molecule has 2 heteroatoms. The summed E-state index contributed by atoms with van der Waals surface area (Å²) >= 11 is 0. The number of rotatable bonds is 2. The lowest BCUT2D eigenvalue weighted by atomic mass is 10.3. The minimum absolute atomic E-state index is 0.0290. The maximum absolute atomic E-state index is 9.59. The Labute approximate surface area is 42.5 Å². The number of carbonyl (C=O) groups is 1. The zero-order valence-corrected chi connectivity index (χ0v) is 4.22. The summed E-state index contributed by atoms with van der Waals surface area (Å²) in [4.78, 5) is 9.59. The van der Waals surface area contributed by atoms with E-state index in [0.717, 1.165) is 0 Å². The molecule has 0 aromatic carbocycles. The highest BCUT2D eigenvalue weighted by atomic mass is 16.3. The Hall–Kier alpha value is -0.630. The first-order valence-corrected chi connectivity index (χ1v) is 2.03. The average Bonchev–Trinajstić information content (AvgIpc) is 1.68. The smallest absolute Gasteiger partial charge is 0.142 e. The van der Waals surface area contributed by atoms with E-state index >= 15 is 0 Å². The Morgan fingerprint density at radius 3 is 2.57 bits per heavy atom. The van der Waals surface area contributed by atoms with Gasteiger partial charge in [-0.15, -0.1) is 0 Å². The van der Waals surface area contributed by atoms with E-state index in [1.54, 1.807) is 6.92 Å². The molecule has 0 aliphatic rings. The quantitative estimate of drug-likeness (QED) is 0.395. The molecule has 0 aliphatic heterocycles. The summed E-state index contributed by atoms with van der Waals surface area (Å²) in [5, 5.41) is 8.24. The fourth-order valence-corrected chi connectivity index (χ4v) is 0.169. The third kappa shape index (κ3) is 3.19. The first-order chi connectivity index (χ1) is 3.31. The van der Waals surface area contributed by atoms with Gasteiger partial charge in [0.15, 0.2) is 0 Å². The minimum atomic E-state index is -0.0290. The van der Waals surface area contributed by atoms with Crippen LogP contribution >= 0.6 is 0 Å². The van der Waals surface area contributed by atoms with Gasteiger partial charge in [0.1, 0.15) is 6.29 Å². The number of aldehydes is 1. The Kier molecular flexibility index (Phi) is 3.24. The topological polar surface area (TPSA) is 37.3 Å². The van der Waals surface area contributed by atoms with Gasteiger partial charge in [0.25, 0.3) is 0 Å². The normalized spacial score (nSPS) is 11.4. The van der Waals surface area contributed by atoms with Gasteiger partial charge in [-0.1, -0.05) is 0 Å². The van der Waals surface area contributed by atoms with Crippen LogP contribution in [0.3, 0.4) is 0 Å². The molecule has 0 saturated carbocycles. The van der Waals surface area contributed by atoms with Crippen molar-refractivity contribution in [2.24, 2.45) is 0 Å². The van der Waals surface area contributed by atoms with Gasteiger partial charge < -0.3 is 5.11 Å². The van der Waals surface area contributed by atoms with Crippen LogP contribution in [0.4, 0.5) is 0 Å². The van der Waals surface area contributed by atoms with E-state index in [1.165, 1.54) is 6.08 Å². The van der Waals surface area contributed by atoms with Gasteiger partial charge in [-0.3, -0.25) is 4.79 Å². The van der Waals surface area contributed by atoms with Gasteiger partial charge in [0.2, 0.25) is 0 Å². The van der Waals surface area contributed by atoms with E-state index < -0.39 is 0 Å². The molecule has 0 aliphatic carbocycles. The molecular formula is C5H8O2. The highest BCUT2D eigenvalue weighted by Crippen LogP contribution is 1.83. The van der Waals surface area contributed by atoms with Gasteiger partial charge in [0.05, 0.1) is 6.61 Å². The average molecular weight is 100 g/mol. The third-order valence-corrected chi connectivity index (χ3v) is 0.602. The van der Waals surface area contributed by atoms with Crippen LogP contribution < -0.4 is 0 Å². The Bertz CT molecular complexity index is 84.1. The lowest BCUT2D eigenvalue weighted by Crippen LogP contribution is -1.82. The van der Waals surface area contributed by atoms with Crippen LogP contribution in [0.1, 0.15) is 6.92 Å². The maximum atomic E-state index is 9.59. The van der Waals surface area contributed by atoms with Crippen molar-refractivity contribution in [3.8, 4) is 0 Å². The Morgan fingerprint density at radius 2 is 2.43 bits per heavy atom. The van der Waals surface area contributed by atoms with E-state index in [9.17, 15) is 4.79 Å². The summed E-state index contributed by atoms with van der Waals surface area (Å²) in [7, 11) is 0. The van der Waals surface area contributed by atoms with Gasteiger partial charge in [-0.2, -0.15) is 0 Å². The van der Waals surface area contributed by atoms with Gasteiger partial charge in [-0.05, 0) is 18.6 Å². The lowest BCUT2D eigenvalue weighted by Gasteiger charge is -1.84. The number of hydrogen-bond acceptors (Lipinski definition) is 2. The minimum Gasteiger partial charge on any atom is -0.392 e. The van der Waals surface area contributed by atoms with Crippen molar-refractivity contribution in [2.45, 2.75) is 6.92 Å². The van der Waals surface area contributed by atoms with E-state index in [1.807, 2.05) is 0 Å². The first-order valence-electron chi connectivity index (χ1n) is 2.03. The highest BCUT2D eigenvalue weighted by Gasteiger charge is 1.78. The summed E-state index contributed by atoms with van der Waals surface area (Å²) in [6.45, 7) is 1.66. The first kappa shape index (κ1) is 6.37. The summed E-state index contributed by atoms with van der Waals surface area (Å²) in [5.41, 5.74) is 0.690. The van der Waals surface area contributed by atoms with Gasteiger partial charge in [0, 0.05) is 0 Å². The largest absolute Gasteiger partial charge is 0.392 e. The molecule has 0 amide bonds. The summed E-state index contributed by atoms with van der Waals surface area (Å²) < 4.78 is 0. The summed E-state index contributed by atoms with van der Waals surface area (Å²) in [5.74, 6) is 0. The van der Waals surface area contributed by atoms with Crippen molar-refractivity contribution in [1.29, 1.82) is 0 Å². The van der Waals surface area contributed by atoms with Crippen LogP contribution in [0, 0.1) is 0 Å². The van der Waals surface area contributed by atoms with E-state index in [-0.39, 0.29) is 6.61 Å². The van der Waals surface area contributed by atoms with E-state index in [2.05, 4.69) is 0 Å². The molecule has 0 heterocycles. The number of hydrogen-bond donors (Lipinski definition) is 1. The monoisotopic (exact) mass is 100 g/mol. The fourth-order valence-electron chi connectivity index (χ4n) is 0.169. The number of aliphatic hydroxyl groups is 1. The molecule has 0 aromatic heterocycles. The predicted molar refractivity (Wildman–Crippen MR) is 26.9 cm³/mol. The van der Waals surface area contributed by atoms with E-state index in [0.29, 0.717) is 11.9 Å². The summed E-state index contributed by atoms with van der Waals surface area (Å²) in [6.07, 6.45) is 1.99. The van der Waals surface area contributed by atoms with E-state index in [4.69, 9.17) is 5.11 Å². The molecule has 0 aromatic rings. The molecule has 2 nitrogen and oxygen atoms in total. The number of carbonyl (C=O) groups excluding carboxylic acids is 1. The molecule has 0 bridgehead atoms. The van der Waals surface area contributed by atoms with Gasteiger partial charge in [-0.25, -0.2) is 0 Å². The SMILES string of the molecule is C/C(=C/C=O)CO. The third-order valence-electron chi connectivity index (χ3n) is 0.602. The molecule has 0 rings (SSSR count). The standard InChI is InChI=1S/C5H8O2/c1-5(4-7)2-3-6/h2-3,7H,4H2,1H3/b5-2-. The molecular weight excluding hydrogens is 92.1 g/mol. The Morgan fingerprint density at radius 1 is 1.86 bits per heavy atom. The highest BCUT2D eigenvalue weighted by molar-refractivity contribution is 5.65. The van der Waals surface area contributed by atoms with Crippen molar-refractivity contribution in [1.82, 2.24) is 0 Å². The van der Waals surface area contributed by atoms with Crippen LogP contribution in [0.25, 0.3) is 0 Å². The fraction of sp³-hybridized carbons (Fsp3) is 0.400. The predicted octanol–water partition coefficient (Wildman–Crippen LogP) is 0.124. The zero-order chi connectivity index (χ0) is 5.70. The van der Waals surface area contributed by atoms with Crippen molar-refractivity contribution in [3.05, 3.63) is 11.6 Å². The second-order valence-electron chi connectivity index (χ2n) is 1.31. The molecule has 7 heavy (non-hydrogen) atoms. The summed E-state index contributed by atoms with van der Waals surface area (Å²) in [6, 6.07) is 0. The molecule has 0 atom stereocenters. The van der Waals surface area contributed by atoms with Crippen molar-refractivity contribution < 1.29 is 9.90 Å². The van der Waals surface area contributed by atoms with Crippen molar-refractivity contribution >= 4 is 6.29 Å². The van der Waals surface area contributed by atoms with Crippen LogP contribution in [0.5, 0.6) is 0 Å². The molecule has 0 radical (unpaired) electrons. The number of aliphatic hydroxyl groups excluding tert-OH is 1. The van der Waals surface area contributed by atoms with Crippen LogP contribution in [0.2, 0.25) is 0 Å².